The lowest BCUT2D eigenvalue weighted by molar-refractivity contribution is 0.628. The van der Waals surface area contributed by atoms with Crippen LogP contribution < -0.4 is 0 Å². The molecule has 4 heteroatoms. The molecule has 0 aliphatic rings. The number of pyridine rings is 2. The number of aromatic nitrogens is 4. The van der Waals surface area contributed by atoms with Crippen LogP contribution >= 0.6 is 0 Å². The summed E-state index contributed by atoms with van der Waals surface area (Å²) in [6.07, 6.45) is 22.5. The van der Waals surface area contributed by atoms with Gasteiger partial charge in [0.25, 0.3) is 0 Å². The lowest BCUT2D eigenvalue weighted by Crippen LogP contribution is -1.94. The number of hydrogen-bond acceptors (Lipinski definition) is 4. The molecule has 170 valence electrons. The summed E-state index contributed by atoms with van der Waals surface area (Å²) < 4.78 is 0. The fourth-order valence-corrected chi connectivity index (χ4v) is 3.89. The summed E-state index contributed by atoms with van der Waals surface area (Å²) in [6, 6.07) is 8.45. The zero-order chi connectivity index (χ0) is 22.4. The van der Waals surface area contributed by atoms with E-state index >= 15 is 0 Å². The number of aryl methyl sites for hydroxylation is 2. The Morgan fingerprint density at radius 1 is 0.469 bits per heavy atom. The van der Waals surface area contributed by atoms with Crippen molar-refractivity contribution in [3.63, 3.8) is 0 Å². The van der Waals surface area contributed by atoms with E-state index in [4.69, 9.17) is 0 Å². The van der Waals surface area contributed by atoms with Gasteiger partial charge in [-0.05, 0) is 49.9 Å². The third kappa shape index (κ3) is 7.81. The van der Waals surface area contributed by atoms with E-state index in [-0.39, 0.29) is 0 Å². The first-order chi connectivity index (χ1) is 15.8. The Balaban J connectivity index is 1.51. The second-order valence-electron chi connectivity index (χ2n) is 8.69. The van der Waals surface area contributed by atoms with Crippen molar-refractivity contribution < 1.29 is 0 Å². The van der Waals surface area contributed by atoms with Crippen molar-refractivity contribution in [1.29, 1.82) is 0 Å². The van der Waals surface area contributed by atoms with E-state index in [0.717, 1.165) is 46.7 Å². The van der Waals surface area contributed by atoms with Crippen LogP contribution in [0.25, 0.3) is 22.5 Å². The van der Waals surface area contributed by atoms with Crippen molar-refractivity contribution in [2.45, 2.75) is 90.9 Å². The molecule has 0 unspecified atom stereocenters. The highest BCUT2D eigenvalue weighted by Crippen LogP contribution is 2.20. The van der Waals surface area contributed by atoms with E-state index in [1.807, 2.05) is 24.8 Å². The number of rotatable bonds is 14. The maximum absolute atomic E-state index is 4.63. The van der Waals surface area contributed by atoms with Crippen molar-refractivity contribution in [3.8, 4) is 22.5 Å². The smallest absolute Gasteiger partial charge is 0.0901 e. The van der Waals surface area contributed by atoms with E-state index in [2.05, 4.69) is 58.0 Å². The molecule has 0 saturated heterocycles. The third-order valence-electron chi connectivity index (χ3n) is 5.97. The average molecular weight is 431 g/mol. The monoisotopic (exact) mass is 430 g/mol. The summed E-state index contributed by atoms with van der Waals surface area (Å²) in [5, 5.41) is 0. The molecule has 0 atom stereocenters. The van der Waals surface area contributed by atoms with Crippen molar-refractivity contribution >= 4 is 0 Å². The van der Waals surface area contributed by atoms with Crippen LogP contribution in [-0.2, 0) is 12.8 Å². The minimum absolute atomic E-state index is 0.854. The second kappa shape index (κ2) is 13.7. The highest BCUT2D eigenvalue weighted by molar-refractivity contribution is 5.61. The molecule has 0 aliphatic carbocycles. The maximum Gasteiger partial charge on any atom is 0.0901 e. The first-order valence-corrected chi connectivity index (χ1v) is 12.5. The van der Waals surface area contributed by atoms with Crippen LogP contribution in [0.15, 0.2) is 49.1 Å². The molecule has 32 heavy (non-hydrogen) atoms. The quantitative estimate of drug-likeness (QED) is 0.247. The predicted molar refractivity (Wildman–Crippen MR) is 133 cm³/mol. The van der Waals surface area contributed by atoms with Crippen LogP contribution in [0.4, 0.5) is 0 Å². The molecule has 0 fully saturated rings. The molecule has 0 saturated carbocycles. The van der Waals surface area contributed by atoms with Crippen LogP contribution in [0.3, 0.4) is 0 Å². The van der Waals surface area contributed by atoms with Gasteiger partial charge in [0.1, 0.15) is 0 Å². The molecule has 0 bridgehead atoms. The summed E-state index contributed by atoms with van der Waals surface area (Å²) in [7, 11) is 0. The zero-order valence-corrected chi connectivity index (χ0v) is 19.9. The van der Waals surface area contributed by atoms with Crippen molar-refractivity contribution in [3.05, 3.63) is 60.4 Å². The molecule has 0 radical (unpaired) electrons. The van der Waals surface area contributed by atoms with Gasteiger partial charge < -0.3 is 0 Å². The summed E-state index contributed by atoms with van der Waals surface area (Å²) in [5.41, 5.74) is 6.04. The summed E-state index contributed by atoms with van der Waals surface area (Å²) >= 11 is 0. The minimum Gasteiger partial charge on any atom is -0.261 e. The fourth-order valence-electron chi connectivity index (χ4n) is 3.89. The first kappa shape index (κ1) is 24.0. The zero-order valence-electron chi connectivity index (χ0n) is 19.9. The van der Waals surface area contributed by atoms with E-state index in [1.54, 1.807) is 0 Å². The Labute approximate surface area is 194 Å². The number of unbranched alkanes of at least 4 members (excludes halogenated alkanes) is 8. The summed E-state index contributed by atoms with van der Waals surface area (Å²) in [4.78, 5) is 18.5. The van der Waals surface area contributed by atoms with Gasteiger partial charge >= 0.3 is 0 Å². The van der Waals surface area contributed by atoms with Gasteiger partial charge in [-0.1, -0.05) is 65.2 Å². The minimum atomic E-state index is 0.854. The van der Waals surface area contributed by atoms with Gasteiger partial charge in [-0.3, -0.25) is 19.9 Å². The van der Waals surface area contributed by atoms with Gasteiger partial charge in [0.15, 0.2) is 0 Å². The molecule has 0 spiro atoms. The molecule has 3 aromatic rings. The summed E-state index contributed by atoms with van der Waals surface area (Å²) in [6.45, 7) is 4.50. The predicted octanol–water partition coefficient (Wildman–Crippen LogP) is 7.63. The molecule has 3 heterocycles. The van der Waals surface area contributed by atoms with Crippen molar-refractivity contribution in [2.24, 2.45) is 0 Å². The molecule has 0 aliphatic heterocycles. The molecular formula is C28H38N4. The number of hydrogen-bond donors (Lipinski definition) is 0. The van der Waals surface area contributed by atoms with Gasteiger partial charge in [-0.2, -0.15) is 0 Å². The van der Waals surface area contributed by atoms with Crippen LogP contribution in [-0.4, -0.2) is 19.9 Å². The van der Waals surface area contributed by atoms with E-state index in [0.29, 0.717) is 0 Å². The highest BCUT2D eigenvalue weighted by atomic mass is 14.8. The SMILES string of the molecule is CCCCCCCc1ccc(-c2cnc(-c3ccc(CCCCCCC)nc3)cn2)cn1. The fraction of sp³-hybridized carbons (Fsp3) is 0.500. The molecule has 0 aromatic carbocycles. The van der Waals surface area contributed by atoms with Crippen LogP contribution in [0.2, 0.25) is 0 Å². The topological polar surface area (TPSA) is 51.6 Å². The van der Waals surface area contributed by atoms with E-state index in [9.17, 15) is 0 Å². The Hall–Kier alpha value is -2.62. The Morgan fingerprint density at radius 2 is 0.906 bits per heavy atom. The molecule has 0 amide bonds. The normalized spacial score (nSPS) is 11.1. The largest absolute Gasteiger partial charge is 0.261 e. The van der Waals surface area contributed by atoms with Crippen LogP contribution in [0.1, 0.15) is 89.4 Å². The standard InChI is InChI=1S/C28H38N4/c1-3-5-7-9-11-13-25-17-15-23(19-29-25)27-21-32-28(22-31-27)24-16-18-26(30-20-24)14-12-10-8-6-4-2/h15-22H,3-14H2,1-2H3. The van der Waals surface area contributed by atoms with Gasteiger partial charge in [0, 0.05) is 34.9 Å². The molecule has 4 nitrogen and oxygen atoms in total. The van der Waals surface area contributed by atoms with Crippen molar-refractivity contribution in [2.75, 3.05) is 0 Å². The average Bonchev–Trinajstić information content (AvgIpc) is 2.85. The van der Waals surface area contributed by atoms with E-state index in [1.165, 1.54) is 64.2 Å². The Morgan fingerprint density at radius 3 is 1.25 bits per heavy atom. The van der Waals surface area contributed by atoms with Crippen LogP contribution in [0, 0.1) is 0 Å². The van der Waals surface area contributed by atoms with Crippen LogP contribution in [0.5, 0.6) is 0 Å². The number of nitrogens with zero attached hydrogens (tertiary/aromatic N) is 4. The highest BCUT2D eigenvalue weighted by Gasteiger charge is 2.05. The molecule has 3 aromatic heterocycles. The summed E-state index contributed by atoms with van der Waals surface area (Å²) in [5.74, 6) is 0. The third-order valence-corrected chi connectivity index (χ3v) is 5.97. The Bertz CT molecular complexity index is 810. The lowest BCUT2D eigenvalue weighted by Gasteiger charge is -2.06. The van der Waals surface area contributed by atoms with Gasteiger partial charge in [0.05, 0.1) is 23.8 Å². The van der Waals surface area contributed by atoms with Gasteiger partial charge in [-0.15, -0.1) is 0 Å². The van der Waals surface area contributed by atoms with Gasteiger partial charge in [0.2, 0.25) is 0 Å². The molecular weight excluding hydrogens is 392 g/mol. The second-order valence-corrected chi connectivity index (χ2v) is 8.69. The van der Waals surface area contributed by atoms with E-state index < -0.39 is 0 Å². The molecule has 0 N–H and O–H groups in total. The first-order valence-electron chi connectivity index (χ1n) is 12.5. The maximum atomic E-state index is 4.63. The lowest BCUT2D eigenvalue weighted by atomic mass is 10.1. The molecule has 3 rings (SSSR count). The van der Waals surface area contributed by atoms with Crippen molar-refractivity contribution in [1.82, 2.24) is 19.9 Å². The van der Waals surface area contributed by atoms with Gasteiger partial charge in [-0.25, -0.2) is 0 Å². The Kier molecular flexibility index (Phi) is 10.3.